The van der Waals surface area contributed by atoms with Crippen LogP contribution in [0.15, 0.2) is 18.2 Å². The molecule has 2 aliphatic carbocycles. The molecular formula is C11H9NO4. The number of fused-ring (bicyclic) bond motifs is 3. The van der Waals surface area contributed by atoms with Crippen molar-refractivity contribution in [3.8, 4) is 0 Å². The second kappa shape index (κ2) is 2.81. The molecule has 0 amide bonds. The van der Waals surface area contributed by atoms with Crippen molar-refractivity contribution in [1.29, 1.82) is 0 Å². The van der Waals surface area contributed by atoms with Gasteiger partial charge in [-0.05, 0) is 17.9 Å². The molecule has 0 spiro atoms. The van der Waals surface area contributed by atoms with E-state index in [0.717, 1.165) is 11.1 Å². The molecular weight excluding hydrogens is 210 g/mol. The van der Waals surface area contributed by atoms with E-state index in [1.807, 2.05) is 6.07 Å². The lowest BCUT2D eigenvalue weighted by Gasteiger charge is -2.05. The summed E-state index contributed by atoms with van der Waals surface area (Å²) in [6, 6.07) is 4.94. The Morgan fingerprint density at radius 3 is 2.88 bits per heavy atom. The molecule has 1 fully saturated rings. The predicted molar refractivity (Wildman–Crippen MR) is 54.2 cm³/mol. The Bertz CT molecular complexity index is 511. The molecule has 0 bridgehead atoms. The van der Waals surface area contributed by atoms with Gasteiger partial charge in [-0.15, -0.1) is 0 Å². The number of carboxylic acid groups (broad SMARTS) is 1. The molecule has 0 heterocycles. The number of carboxylic acids is 1. The Hall–Kier alpha value is -1.91. The number of nitrogens with zero attached hydrogens (tertiary/aromatic N) is 1. The van der Waals surface area contributed by atoms with Crippen molar-refractivity contribution in [3.05, 3.63) is 39.4 Å². The zero-order chi connectivity index (χ0) is 11.4. The Labute approximate surface area is 90.9 Å². The van der Waals surface area contributed by atoms with Crippen molar-refractivity contribution < 1.29 is 14.8 Å². The monoisotopic (exact) mass is 219 g/mol. The third-order valence-electron chi connectivity index (χ3n) is 3.64. The highest BCUT2D eigenvalue weighted by Gasteiger charge is 2.60. The maximum absolute atomic E-state index is 10.9. The fraction of sp³-hybridized carbons (Fsp3) is 0.364. The van der Waals surface area contributed by atoms with Gasteiger partial charge < -0.3 is 5.11 Å². The summed E-state index contributed by atoms with van der Waals surface area (Å²) in [5.74, 6) is -1.03. The van der Waals surface area contributed by atoms with Gasteiger partial charge in [0.25, 0.3) is 5.69 Å². The van der Waals surface area contributed by atoms with Gasteiger partial charge in [-0.3, -0.25) is 14.9 Å². The summed E-state index contributed by atoms with van der Waals surface area (Å²) in [7, 11) is 0. The van der Waals surface area contributed by atoms with Gasteiger partial charge in [-0.2, -0.15) is 0 Å². The molecule has 1 aromatic carbocycles. The number of benzene rings is 1. The van der Waals surface area contributed by atoms with Crippen LogP contribution in [-0.2, 0) is 11.2 Å². The van der Waals surface area contributed by atoms with Crippen molar-refractivity contribution in [3.63, 3.8) is 0 Å². The molecule has 1 aromatic rings. The summed E-state index contributed by atoms with van der Waals surface area (Å²) in [4.78, 5) is 21.3. The van der Waals surface area contributed by atoms with E-state index in [1.54, 1.807) is 6.07 Å². The number of hydrogen-bond donors (Lipinski definition) is 1. The molecule has 82 valence electrons. The van der Waals surface area contributed by atoms with Crippen LogP contribution < -0.4 is 0 Å². The molecule has 0 saturated heterocycles. The average Bonchev–Trinajstić information content (AvgIpc) is 2.82. The lowest BCUT2D eigenvalue weighted by molar-refractivity contribution is -0.385. The van der Waals surface area contributed by atoms with Crippen molar-refractivity contribution in [2.24, 2.45) is 11.8 Å². The normalized spacial score (nSPS) is 29.4. The van der Waals surface area contributed by atoms with Crippen LogP contribution in [-0.4, -0.2) is 16.0 Å². The molecule has 16 heavy (non-hydrogen) atoms. The van der Waals surface area contributed by atoms with Crippen molar-refractivity contribution >= 4 is 11.7 Å². The molecule has 1 saturated carbocycles. The number of nitro groups is 1. The summed E-state index contributed by atoms with van der Waals surface area (Å²) >= 11 is 0. The predicted octanol–water partition coefficient (Wildman–Crippen LogP) is 1.57. The van der Waals surface area contributed by atoms with E-state index in [9.17, 15) is 14.9 Å². The van der Waals surface area contributed by atoms with Gasteiger partial charge in [0.2, 0.25) is 0 Å². The topological polar surface area (TPSA) is 80.4 Å². The average molecular weight is 219 g/mol. The van der Waals surface area contributed by atoms with Crippen LogP contribution in [0, 0.1) is 22.0 Å². The van der Waals surface area contributed by atoms with Crippen molar-refractivity contribution in [2.45, 2.75) is 12.3 Å². The molecule has 3 atom stereocenters. The highest BCUT2D eigenvalue weighted by atomic mass is 16.6. The SMILES string of the molecule is O=C(O)[C@@H]1[C@@H]2Cc3c(cccc3[N+](=O)[O-])[C@@H]21. The molecule has 0 aliphatic heterocycles. The minimum atomic E-state index is -0.785. The Morgan fingerprint density at radius 2 is 2.25 bits per heavy atom. The zero-order valence-electron chi connectivity index (χ0n) is 8.29. The van der Waals surface area contributed by atoms with E-state index in [2.05, 4.69) is 0 Å². The lowest BCUT2D eigenvalue weighted by Crippen LogP contribution is -2.06. The molecule has 2 aliphatic rings. The fourth-order valence-electron chi connectivity index (χ4n) is 2.92. The highest BCUT2D eigenvalue weighted by molar-refractivity contribution is 5.78. The number of carbonyl (C=O) groups is 1. The summed E-state index contributed by atoms with van der Waals surface area (Å²) in [6.45, 7) is 0. The number of rotatable bonds is 2. The molecule has 0 radical (unpaired) electrons. The Morgan fingerprint density at radius 1 is 1.50 bits per heavy atom. The first-order valence-electron chi connectivity index (χ1n) is 5.10. The van der Waals surface area contributed by atoms with Crippen molar-refractivity contribution in [1.82, 2.24) is 0 Å². The third kappa shape index (κ3) is 1.02. The third-order valence-corrected chi connectivity index (χ3v) is 3.64. The van der Waals surface area contributed by atoms with Gasteiger partial charge in [0, 0.05) is 17.5 Å². The summed E-state index contributed by atoms with van der Waals surface area (Å²) in [5, 5.41) is 19.7. The highest BCUT2D eigenvalue weighted by Crippen LogP contribution is 2.62. The first-order valence-corrected chi connectivity index (χ1v) is 5.10. The summed E-state index contributed by atoms with van der Waals surface area (Å²) < 4.78 is 0. The van der Waals surface area contributed by atoms with E-state index in [-0.39, 0.29) is 28.4 Å². The second-order valence-corrected chi connectivity index (χ2v) is 4.36. The quantitative estimate of drug-likeness (QED) is 0.604. The van der Waals surface area contributed by atoms with E-state index in [0.29, 0.717) is 6.42 Å². The number of nitro benzene ring substituents is 1. The van der Waals surface area contributed by atoms with Gasteiger partial charge in [-0.25, -0.2) is 0 Å². The van der Waals surface area contributed by atoms with Gasteiger partial charge in [-0.1, -0.05) is 12.1 Å². The zero-order valence-corrected chi connectivity index (χ0v) is 8.29. The van der Waals surface area contributed by atoms with Crippen LogP contribution in [0.4, 0.5) is 5.69 Å². The van der Waals surface area contributed by atoms with Crippen LogP contribution >= 0.6 is 0 Å². The molecule has 5 nitrogen and oxygen atoms in total. The second-order valence-electron chi connectivity index (χ2n) is 4.36. The summed E-state index contributed by atoms with van der Waals surface area (Å²) in [6.07, 6.45) is 0.536. The number of aliphatic carboxylic acids is 1. The number of hydrogen-bond acceptors (Lipinski definition) is 3. The van der Waals surface area contributed by atoms with Crippen LogP contribution in [0.1, 0.15) is 17.0 Å². The lowest BCUT2D eigenvalue weighted by atomic mass is 10.0. The van der Waals surface area contributed by atoms with Crippen LogP contribution in [0.25, 0.3) is 0 Å². The molecule has 3 rings (SSSR count). The van der Waals surface area contributed by atoms with Crippen LogP contribution in [0.2, 0.25) is 0 Å². The standard InChI is InChI=1S/C11H9NO4/c13-11(14)10-7-4-6-5(9(7)10)2-1-3-8(6)12(15)16/h1-3,7,9-10H,4H2,(H,13,14)/t7-,9+,10-/m1/s1. The van der Waals surface area contributed by atoms with Crippen LogP contribution in [0.5, 0.6) is 0 Å². The van der Waals surface area contributed by atoms with E-state index < -0.39 is 5.97 Å². The maximum atomic E-state index is 10.9. The Kier molecular flexibility index (Phi) is 1.64. The molecule has 5 heteroatoms. The van der Waals surface area contributed by atoms with Gasteiger partial charge in [0.15, 0.2) is 0 Å². The maximum Gasteiger partial charge on any atom is 0.307 e. The van der Waals surface area contributed by atoms with Gasteiger partial charge >= 0.3 is 5.97 Å². The minimum absolute atomic E-state index is 0.00685. The first-order chi connectivity index (χ1) is 7.61. The Balaban J connectivity index is 2.03. The fourth-order valence-corrected chi connectivity index (χ4v) is 2.92. The minimum Gasteiger partial charge on any atom is -0.481 e. The largest absolute Gasteiger partial charge is 0.481 e. The first kappa shape index (κ1) is 9.33. The molecule has 1 N–H and O–H groups in total. The molecule has 0 unspecified atom stereocenters. The molecule has 0 aromatic heterocycles. The van der Waals surface area contributed by atoms with E-state index in [1.165, 1.54) is 6.07 Å². The van der Waals surface area contributed by atoms with Crippen LogP contribution in [0.3, 0.4) is 0 Å². The van der Waals surface area contributed by atoms with E-state index in [4.69, 9.17) is 5.11 Å². The van der Waals surface area contributed by atoms with Crippen molar-refractivity contribution in [2.75, 3.05) is 0 Å². The summed E-state index contributed by atoms with van der Waals surface area (Å²) in [5.41, 5.74) is 1.74. The van der Waals surface area contributed by atoms with E-state index >= 15 is 0 Å². The van der Waals surface area contributed by atoms with Gasteiger partial charge in [0.1, 0.15) is 0 Å². The van der Waals surface area contributed by atoms with Gasteiger partial charge in [0.05, 0.1) is 10.8 Å². The smallest absolute Gasteiger partial charge is 0.307 e.